The van der Waals surface area contributed by atoms with E-state index in [-0.39, 0.29) is 10.6 Å². The first-order valence-electron chi connectivity index (χ1n) is 6.25. The van der Waals surface area contributed by atoms with Crippen molar-refractivity contribution >= 4 is 16.7 Å². The Balaban J connectivity index is 2.34. The highest BCUT2D eigenvalue weighted by Gasteiger charge is 2.19. The van der Waals surface area contributed by atoms with Gasteiger partial charge in [-0.25, -0.2) is 4.98 Å². The lowest BCUT2D eigenvalue weighted by atomic mass is 10.1. The number of para-hydroxylation sites is 2. The van der Waals surface area contributed by atoms with Crippen molar-refractivity contribution in [2.75, 3.05) is 0 Å². The highest BCUT2D eigenvalue weighted by molar-refractivity contribution is 5.84. The quantitative estimate of drug-likeness (QED) is 0.527. The van der Waals surface area contributed by atoms with Crippen molar-refractivity contribution in [1.82, 2.24) is 9.55 Å². The fourth-order valence-electron chi connectivity index (χ4n) is 2.42. The molecule has 2 aromatic carbocycles. The van der Waals surface area contributed by atoms with Crippen LogP contribution >= 0.6 is 0 Å². The molecular weight excluding hydrogens is 254 g/mol. The lowest BCUT2D eigenvalue weighted by molar-refractivity contribution is -0.384. The van der Waals surface area contributed by atoms with E-state index in [9.17, 15) is 10.1 Å². The van der Waals surface area contributed by atoms with Gasteiger partial charge in [0.2, 0.25) is 0 Å². The van der Waals surface area contributed by atoms with Gasteiger partial charge < -0.3 is 4.57 Å². The van der Waals surface area contributed by atoms with Crippen LogP contribution in [-0.4, -0.2) is 14.5 Å². The number of hydrogen-bond donors (Lipinski definition) is 0. The van der Waals surface area contributed by atoms with E-state index in [2.05, 4.69) is 4.98 Å². The molecule has 0 aliphatic heterocycles. The lowest BCUT2D eigenvalue weighted by Crippen LogP contribution is -1.97. The van der Waals surface area contributed by atoms with Gasteiger partial charge in [0.1, 0.15) is 5.82 Å². The molecule has 1 heterocycles. The van der Waals surface area contributed by atoms with Crippen LogP contribution in [-0.2, 0) is 7.05 Å². The van der Waals surface area contributed by atoms with Crippen molar-refractivity contribution in [3.8, 4) is 11.4 Å². The van der Waals surface area contributed by atoms with Gasteiger partial charge in [-0.05, 0) is 24.6 Å². The zero-order valence-electron chi connectivity index (χ0n) is 11.2. The van der Waals surface area contributed by atoms with Gasteiger partial charge in [-0.2, -0.15) is 0 Å². The van der Waals surface area contributed by atoms with Gasteiger partial charge in [0.25, 0.3) is 5.69 Å². The van der Waals surface area contributed by atoms with Crippen LogP contribution in [0.1, 0.15) is 5.56 Å². The van der Waals surface area contributed by atoms with E-state index in [0.717, 1.165) is 16.6 Å². The second-order valence-electron chi connectivity index (χ2n) is 4.71. The van der Waals surface area contributed by atoms with Crippen molar-refractivity contribution in [2.24, 2.45) is 7.05 Å². The van der Waals surface area contributed by atoms with E-state index < -0.39 is 0 Å². The van der Waals surface area contributed by atoms with Crippen molar-refractivity contribution in [2.45, 2.75) is 6.92 Å². The van der Waals surface area contributed by atoms with Gasteiger partial charge in [-0.15, -0.1) is 0 Å². The SMILES string of the molecule is Cc1cccc2c1nc(-c1ccccc1[N+](=O)[O-])n2C. The van der Waals surface area contributed by atoms with E-state index in [1.54, 1.807) is 18.2 Å². The van der Waals surface area contributed by atoms with Crippen molar-refractivity contribution in [3.63, 3.8) is 0 Å². The van der Waals surface area contributed by atoms with Crippen LogP contribution in [0.2, 0.25) is 0 Å². The largest absolute Gasteiger partial charge is 0.327 e. The summed E-state index contributed by atoms with van der Waals surface area (Å²) in [5, 5.41) is 11.2. The number of imidazole rings is 1. The van der Waals surface area contributed by atoms with Gasteiger partial charge >= 0.3 is 0 Å². The third-order valence-electron chi connectivity index (χ3n) is 3.45. The molecule has 0 aliphatic carbocycles. The summed E-state index contributed by atoms with van der Waals surface area (Å²) < 4.78 is 1.89. The minimum atomic E-state index is -0.373. The maximum absolute atomic E-state index is 11.2. The summed E-state index contributed by atoms with van der Waals surface area (Å²) in [6.07, 6.45) is 0. The summed E-state index contributed by atoms with van der Waals surface area (Å²) in [4.78, 5) is 15.4. The highest BCUT2D eigenvalue weighted by atomic mass is 16.6. The second kappa shape index (κ2) is 4.45. The van der Waals surface area contributed by atoms with Crippen LogP contribution in [0.15, 0.2) is 42.5 Å². The third kappa shape index (κ3) is 1.75. The van der Waals surface area contributed by atoms with Gasteiger partial charge in [0.15, 0.2) is 0 Å². The zero-order valence-corrected chi connectivity index (χ0v) is 11.2. The minimum Gasteiger partial charge on any atom is -0.327 e. The number of fused-ring (bicyclic) bond motifs is 1. The maximum Gasteiger partial charge on any atom is 0.280 e. The van der Waals surface area contributed by atoms with E-state index in [1.165, 1.54) is 6.07 Å². The van der Waals surface area contributed by atoms with E-state index in [0.29, 0.717) is 11.4 Å². The van der Waals surface area contributed by atoms with E-state index in [1.807, 2.05) is 36.7 Å². The Hall–Kier alpha value is -2.69. The van der Waals surface area contributed by atoms with Crippen LogP contribution in [0.5, 0.6) is 0 Å². The number of hydrogen-bond acceptors (Lipinski definition) is 3. The van der Waals surface area contributed by atoms with Crippen LogP contribution < -0.4 is 0 Å². The van der Waals surface area contributed by atoms with Crippen molar-refractivity contribution in [1.29, 1.82) is 0 Å². The van der Waals surface area contributed by atoms with Crippen molar-refractivity contribution < 1.29 is 4.92 Å². The summed E-state index contributed by atoms with van der Waals surface area (Å²) in [5.74, 6) is 0.613. The fourth-order valence-corrected chi connectivity index (χ4v) is 2.42. The minimum absolute atomic E-state index is 0.0727. The van der Waals surface area contributed by atoms with Gasteiger partial charge in [-0.3, -0.25) is 10.1 Å². The normalized spacial score (nSPS) is 10.9. The van der Waals surface area contributed by atoms with Gasteiger partial charge in [0.05, 0.1) is 21.5 Å². The molecule has 20 heavy (non-hydrogen) atoms. The molecule has 100 valence electrons. The molecule has 0 fully saturated rings. The lowest BCUT2D eigenvalue weighted by Gasteiger charge is -2.03. The van der Waals surface area contributed by atoms with Gasteiger partial charge in [0, 0.05) is 13.1 Å². The molecule has 0 saturated carbocycles. The molecule has 0 atom stereocenters. The third-order valence-corrected chi connectivity index (χ3v) is 3.45. The summed E-state index contributed by atoms with van der Waals surface area (Å²) in [6, 6.07) is 12.6. The van der Waals surface area contributed by atoms with Crippen LogP contribution in [0.3, 0.4) is 0 Å². The molecule has 0 N–H and O–H groups in total. The number of rotatable bonds is 2. The Morgan fingerprint density at radius 1 is 1.15 bits per heavy atom. The highest BCUT2D eigenvalue weighted by Crippen LogP contribution is 2.31. The molecule has 0 aliphatic rings. The number of benzene rings is 2. The molecule has 0 amide bonds. The molecule has 3 rings (SSSR count). The predicted molar refractivity (Wildman–Crippen MR) is 77.5 cm³/mol. The molecule has 1 aromatic heterocycles. The summed E-state index contributed by atoms with van der Waals surface area (Å²) in [5.41, 5.74) is 3.52. The smallest absolute Gasteiger partial charge is 0.280 e. The molecule has 5 heteroatoms. The zero-order chi connectivity index (χ0) is 14.3. The molecule has 0 spiro atoms. The topological polar surface area (TPSA) is 61.0 Å². The Kier molecular flexibility index (Phi) is 2.75. The van der Waals surface area contributed by atoms with Crippen LogP contribution in [0, 0.1) is 17.0 Å². The maximum atomic E-state index is 11.2. The number of aryl methyl sites for hydroxylation is 2. The van der Waals surface area contributed by atoms with Crippen LogP contribution in [0.4, 0.5) is 5.69 Å². The number of nitrogens with zero attached hydrogens (tertiary/aromatic N) is 3. The first-order valence-corrected chi connectivity index (χ1v) is 6.25. The average Bonchev–Trinajstić information content (AvgIpc) is 2.78. The summed E-state index contributed by atoms with van der Waals surface area (Å²) in [7, 11) is 1.88. The standard InChI is InChI=1S/C15H13N3O2/c1-10-6-5-9-13-14(10)16-15(17(13)2)11-7-3-4-8-12(11)18(19)20/h3-9H,1-2H3. The molecule has 3 aromatic rings. The molecule has 5 nitrogen and oxygen atoms in total. The Bertz CT molecular complexity index is 821. The Morgan fingerprint density at radius 2 is 1.90 bits per heavy atom. The monoisotopic (exact) mass is 267 g/mol. The fraction of sp³-hybridized carbons (Fsp3) is 0.133. The summed E-state index contributed by atoms with van der Waals surface area (Å²) >= 11 is 0. The summed E-state index contributed by atoms with van der Waals surface area (Å²) in [6.45, 7) is 1.98. The molecular formula is C15H13N3O2. The number of aromatic nitrogens is 2. The first-order chi connectivity index (χ1) is 9.59. The van der Waals surface area contributed by atoms with E-state index >= 15 is 0 Å². The Labute approximate surface area is 115 Å². The molecule has 0 bridgehead atoms. The first kappa shape index (κ1) is 12.3. The molecule has 0 saturated heterocycles. The second-order valence-corrected chi connectivity index (χ2v) is 4.71. The average molecular weight is 267 g/mol. The predicted octanol–water partition coefficient (Wildman–Crippen LogP) is 3.46. The molecule has 0 unspecified atom stereocenters. The van der Waals surface area contributed by atoms with Gasteiger partial charge in [-0.1, -0.05) is 24.3 Å². The van der Waals surface area contributed by atoms with Crippen LogP contribution in [0.25, 0.3) is 22.4 Å². The van der Waals surface area contributed by atoms with E-state index in [4.69, 9.17) is 0 Å². The number of nitro benzene ring substituents is 1. The van der Waals surface area contributed by atoms with Crippen molar-refractivity contribution in [3.05, 3.63) is 58.1 Å². The number of nitro groups is 1. The Morgan fingerprint density at radius 3 is 2.60 bits per heavy atom. The molecule has 0 radical (unpaired) electrons.